The molecule has 1 fully saturated rings. The highest BCUT2D eigenvalue weighted by atomic mass is 16.5. The van der Waals surface area contributed by atoms with Gasteiger partial charge in [-0.05, 0) is 67.7 Å². The zero-order chi connectivity index (χ0) is 11.9. The molecule has 3 rings (SSSR count). The van der Waals surface area contributed by atoms with Gasteiger partial charge in [-0.2, -0.15) is 0 Å². The summed E-state index contributed by atoms with van der Waals surface area (Å²) in [5.41, 5.74) is 10.7. The van der Waals surface area contributed by atoms with E-state index in [0.717, 1.165) is 18.6 Å². The smallest absolute Gasteiger partial charge is 0.122 e. The molecule has 0 saturated heterocycles. The maximum atomic E-state index is 6.16. The number of hydrogen-bond donors (Lipinski definition) is 1. The Labute approximate surface area is 103 Å². The first-order valence-electron chi connectivity index (χ1n) is 6.68. The third-order valence-electron chi connectivity index (χ3n) is 4.28. The van der Waals surface area contributed by atoms with Crippen LogP contribution < -0.4 is 10.5 Å². The van der Waals surface area contributed by atoms with Crippen molar-refractivity contribution in [2.75, 3.05) is 7.11 Å². The molecule has 0 atom stereocenters. The van der Waals surface area contributed by atoms with Crippen LogP contribution in [-0.4, -0.2) is 12.6 Å². The SMILES string of the molecule is COc1cc2c(cc1CCC1(N)CC1)CCC2. The minimum atomic E-state index is 0.143. The second kappa shape index (κ2) is 4.02. The van der Waals surface area contributed by atoms with Crippen molar-refractivity contribution in [1.29, 1.82) is 0 Å². The zero-order valence-electron chi connectivity index (χ0n) is 10.6. The molecule has 0 amide bonds. The first-order chi connectivity index (χ1) is 8.20. The molecule has 1 aromatic carbocycles. The highest BCUT2D eigenvalue weighted by Crippen LogP contribution is 2.38. The predicted octanol–water partition coefficient (Wildman–Crippen LogP) is 2.61. The van der Waals surface area contributed by atoms with Gasteiger partial charge >= 0.3 is 0 Å². The van der Waals surface area contributed by atoms with Gasteiger partial charge in [0.1, 0.15) is 5.75 Å². The maximum absolute atomic E-state index is 6.16. The summed E-state index contributed by atoms with van der Waals surface area (Å²) in [7, 11) is 1.77. The van der Waals surface area contributed by atoms with Crippen LogP contribution >= 0.6 is 0 Å². The second-order valence-corrected chi connectivity index (χ2v) is 5.65. The lowest BCUT2D eigenvalue weighted by Gasteiger charge is -2.13. The first kappa shape index (κ1) is 11.1. The Bertz CT molecular complexity index is 435. The van der Waals surface area contributed by atoms with E-state index in [-0.39, 0.29) is 5.54 Å². The summed E-state index contributed by atoms with van der Waals surface area (Å²) >= 11 is 0. The summed E-state index contributed by atoms with van der Waals surface area (Å²) in [6, 6.07) is 4.60. The van der Waals surface area contributed by atoms with E-state index in [2.05, 4.69) is 12.1 Å². The number of rotatable bonds is 4. The van der Waals surface area contributed by atoms with E-state index in [4.69, 9.17) is 10.5 Å². The van der Waals surface area contributed by atoms with Gasteiger partial charge in [-0.25, -0.2) is 0 Å². The molecule has 2 aliphatic rings. The first-order valence-corrected chi connectivity index (χ1v) is 6.68. The van der Waals surface area contributed by atoms with Gasteiger partial charge in [0.25, 0.3) is 0 Å². The fourth-order valence-electron chi connectivity index (χ4n) is 2.83. The van der Waals surface area contributed by atoms with E-state index >= 15 is 0 Å². The summed E-state index contributed by atoms with van der Waals surface area (Å²) in [6.07, 6.45) is 8.30. The van der Waals surface area contributed by atoms with Gasteiger partial charge in [0.2, 0.25) is 0 Å². The molecule has 1 saturated carbocycles. The van der Waals surface area contributed by atoms with Gasteiger partial charge in [-0.3, -0.25) is 0 Å². The van der Waals surface area contributed by atoms with Gasteiger partial charge in [0.05, 0.1) is 7.11 Å². The van der Waals surface area contributed by atoms with Crippen molar-refractivity contribution in [3.05, 3.63) is 28.8 Å². The molecule has 0 bridgehead atoms. The molecular weight excluding hydrogens is 210 g/mol. The Hall–Kier alpha value is -1.02. The highest BCUT2D eigenvalue weighted by molar-refractivity contribution is 5.45. The minimum Gasteiger partial charge on any atom is -0.496 e. The molecule has 0 spiro atoms. The van der Waals surface area contributed by atoms with Crippen LogP contribution in [-0.2, 0) is 19.3 Å². The van der Waals surface area contributed by atoms with Crippen LogP contribution in [0, 0.1) is 0 Å². The third-order valence-corrected chi connectivity index (χ3v) is 4.28. The van der Waals surface area contributed by atoms with Crippen LogP contribution in [0.4, 0.5) is 0 Å². The fraction of sp³-hybridized carbons (Fsp3) is 0.600. The average Bonchev–Trinajstić information content (AvgIpc) is 2.91. The van der Waals surface area contributed by atoms with Gasteiger partial charge < -0.3 is 10.5 Å². The predicted molar refractivity (Wildman–Crippen MR) is 69.5 cm³/mol. The van der Waals surface area contributed by atoms with Crippen molar-refractivity contribution in [2.24, 2.45) is 5.73 Å². The molecule has 2 N–H and O–H groups in total. The van der Waals surface area contributed by atoms with E-state index in [1.165, 1.54) is 48.8 Å². The molecule has 0 heterocycles. The summed E-state index contributed by atoms with van der Waals surface area (Å²) in [4.78, 5) is 0. The van der Waals surface area contributed by atoms with E-state index in [0.29, 0.717) is 0 Å². The van der Waals surface area contributed by atoms with E-state index < -0.39 is 0 Å². The van der Waals surface area contributed by atoms with E-state index in [9.17, 15) is 0 Å². The van der Waals surface area contributed by atoms with Crippen LogP contribution in [0.1, 0.15) is 42.4 Å². The van der Waals surface area contributed by atoms with Crippen LogP contribution in [0.3, 0.4) is 0 Å². The zero-order valence-corrected chi connectivity index (χ0v) is 10.6. The Morgan fingerprint density at radius 3 is 2.59 bits per heavy atom. The van der Waals surface area contributed by atoms with Crippen LogP contribution in [0.2, 0.25) is 0 Å². The number of aryl methyl sites for hydroxylation is 3. The standard InChI is InChI=1S/C15H21NO/c1-17-14-10-12-4-2-3-11(12)9-13(14)5-6-15(16)7-8-15/h9-10H,2-8,16H2,1H3. The monoisotopic (exact) mass is 231 g/mol. The average molecular weight is 231 g/mol. The topological polar surface area (TPSA) is 35.2 Å². The summed E-state index contributed by atoms with van der Waals surface area (Å²) < 4.78 is 5.52. The van der Waals surface area contributed by atoms with Crippen LogP contribution in [0.25, 0.3) is 0 Å². The molecule has 0 radical (unpaired) electrons. The van der Waals surface area contributed by atoms with E-state index in [1.807, 2.05) is 0 Å². The molecule has 2 nitrogen and oxygen atoms in total. The molecule has 0 aromatic heterocycles. The third kappa shape index (κ3) is 2.19. The number of nitrogens with two attached hydrogens (primary N) is 1. The summed E-state index contributed by atoms with van der Waals surface area (Å²) in [6.45, 7) is 0. The highest BCUT2D eigenvalue weighted by Gasteiger charge is 2.37. The van der Waals surface area contributed by atoms with Gasteiger partial charge in [-0.15, -0.1) is 0 Å². The molecule has 0 unspecified atom stereocenters. The lowest BCUT2D eigenvalue weighted by Crippen LogP contribution is -2.22. The molecule has 0 aliphatic heterocycles. The van der Waals surface area contributed by atoms with E-state index in [1.54, 1.807) is 7.11 Å². The Balaban J connectivity index is 1.81. The molecule has 1 aromatic rings. The molecule has 2 aliphatic carbocycles. The Morgan fingerprint density at radius 2 is 1.94 bits per heavy atom. The van der Waals surface area contributed by atoms with Crippen molar-refractivity contribution in [1.82, 2.24) is 0 Å². The van der Waals surface area contributed by atoms with Gasteiger partial charge in [0.15, 0.2) is 0 Å². The number of fused-ring (bicyclic) bond motifs is 1. The van der Waals surface area contributed by atoms with Crippen LogP contribution in [0.5, 0.6) is 5.75 Å². The van der Waals surface area contributed by atoms with Crippen LogP contribution in [0.15, 0.2) is 12.1 Å². The minimum absolute atomic E-state index is 0.143. The summed E-state index contributed by atoms with van der Waals surface area (Å²) in [5.74, 6) is 1.06. The molecule has 17 heavy (non-hydrogen) atoms. The second-order valence-electron chi connectivity index (χ2n) is 5.65. The Kier molecular flexibility index (Phi) is 2.62. The number of methoxy groups -OCH3 is 1. The largest absolute Gasteiger partial charge is 0.496 e. The van der Waals surface area contributed by atoms with Gasteiger partial charge in [0, 0.05) is 5.54 Å². The Morgan fingerprint density at radius 1 is 1.24 bits per heavy atom. The number of hydrogen-bond acceptors (Lipinski definition) is 2. The normalized spacial score (nSPS) is 20.1. The lowest BCUT2D eigenvalue weighted by molar-refractivity contribution is 0.407. The maximum Gasteiger partial charge on any atom is 0.122 e. The van der Waals surface area contributed by atoms with Gasteiger partial charge in [-0.1, -0.05) is 6.07 Å². The van der Waals surface area contributed by atoms with Crippen molar-refractivity contribution in [3.8, 4) is 5.75 Å². The van der Waals surface area contributed by atoms with Crippen molar-refractivity contribution in [2.45, 2.75) is 50.5 Å². The fourth-order valence-corrected chi connectivity index (χ4v) is 2.83. The van der Waals surface area contributed by atoms with Crippen molar-refractivity contribution in [3.63, 3.8) is 0 Å². The lowest BCUT2D eigenvalue weighted by atomic mass is 9.99. The number of ether oxygens (including phenoxy) is 1. The summed E-state index contributed by atoms with van der Waals surface area (Å²) in [5, 5.41) is 0. The molecule has 2 heteroatoms. The quantitative estimate of drug-likeness (QED) is 0.864. The number of benzene rings is 1. The molecular formula is C15H21NO. The van der Waals surface area contributed by atoms with Crippen molar-refractivity contribution < 1.29 is 4.74 Å². The van der Waals surface area contributed by atoms with Crippen molar-refractivity contribution >= 4 is 0 Å². The molecule has 92 valence electrons.